The number of hydrogen-bond acceptors (Lipinski definition) is 2. The van der Waals surface area contributed by atoms with Gasteiger partial charge >= 0.3 is 6.18 Å². The third-order valence-corrected chi connectivity index (χ3v) is 6.15. The maximum Gasteiger partial charge on any atom is 0.416 e. The Hall–Kier alpha value is -1.56. The van der Waals surface area contributed by atoms with Crippen molar-refractivity contribution < 1.29 is 23.1 Å². The number of carbonyl (C=O) groups is 1. The molecule has 1 N–H and O–H groups in total. The fraction of sp³-hybridized carbons (Fsp3) is 0.667. The van der Waals surface area contributed by atoms with Gasteiger partial charge in [-0.2, -0.15) is 13.2 Å². The van der Waals surface area contributed by atoms with Gasteiger partial charge in [-0.25, -0.2) is 0 Å². The SMILES string of the molecule is CCC[C@H](CO)C(=O)N1CC2(CC[C@@H](Cc3cccc(C(F)(F)F)c3)C2)C1. The molecule has 1 saturated carbocycles. The van der Waals surface area contributed by atoms with E-state index in [4.69, 9.17) is 0 Å². The molecule has 0 unspecified atom stereocenters. The normalized spacial score (nSPS) is 22.7. The monoisotopic (exact) mass is 383 g/mol. The molecule has 0 bridgehead atoms. The number of aliphatic hydroxyl groups is 1. The van der Waals surface area contributed by atoms with Crippen LogP contribution in [0.2, 0.25) is 0 Å². The van der Waals surface area contributed by atoms with Crippen molar-refractivity contribution in [2.75, 3.05) is 19.7 Å². The minimum atomic E-state index is -4.30. The van der Waals surface area contributed by atoms with E-state index in [9.17, 15) is 23.1 Å². The second kappa shape index (κ2) is 7.82. The summed E-state index contributed by atoms with van der Waals surface area (Å²) in [6.45, 7) is 3.35. The van der Waals surface area contributed by atoms with Crippen LogP contribution in [0, 0.1) is 17.3 Å². The number of carbonyl (C=O) groups excluding carboxylic acids is 1. The largest absolute Gasteiger partial charge is 0.416 e. The van der Waals surface area contributed by atoms with Crippen LogP contribution >= 0.6 is 0 Å². The molecule has 2 fully saturated rings. The standard InChI is InChI=1S/C21H28F3NO2/c1-2-4-17(12-26)19(27)25-13-20(14-25)8-7-16(11-20)9-15-5-3-6-18(10-15)21(22,23)24/h3,5-6,10,16-17,26H,2,4,7-9,11-14H2,1H3/t16-,17+/m0/s1. The molecule has 2 aliphatic rings. The summed E-state index contributed by atoms with van der Waals surface area (Å²) in [5.74, 6) is 0.121. The van der Waals surface area contributed by atoms with E-state index in [1.165, 1.54) is 12.1 Å². The first kappa shape index (κ1) is 20.2. The van der Waals surface area contributed by atoms with Crippen LogP contribution in [0.5, 0.6) is 0 Å². The first-order valence-corrected chi connectivity index (χ1v) is 9.82. The zero-order valence-corrected chi connectivity index (χ0v) is 15.8. The lowest BCUT2D eigenvalue weighted by Crippen LogP contribution is -2.59. The third kappa shape index (κ3) is 4.48. The second-order valence-corrected chi connectivity index (χ2v) is 8.37. The van der Waals surface area contributed by atoms with Gasteiger partial charge in [0.05, 0.1) is 18.1 Å². The van der Waals surface area contributed by atoms with Crippen LogP contribution in [0.4, 0.5) is 13.2 Å². The minimum absolute atomic E-state index is 0.0475. The summed E-state index contributed by atoms with van der Waals surface area (Å²) < 4.78 is 38.6. The molecule has 0 radical (unpaired) electrons. The van der Waals surface area contributed by atoms with E-state index in [2.05, 4.69) is 0 Å². The quantitative estimate of drug-likeness (QED) is 0.796. The smallest absolute Gasteiger partial charge is 0.396 e. The zero-order chi connectivity index (χ0) is 19.7. The van der Waals surface area contributed by atoms with Gasteiger partial charge in [0.1, 0.15) is 0 Å². The molecule has 1 aromatic carbocycles. The van der Waals surface area contributed by atoms with Crippen molar-refractivity contribution in [1.29, 1.82) is 0 Å². The highest BCUT2D eigenvalue weighted by atomic mass is 19.4. The van der Waals surface area contributed by atoms with Gasteiger partial charge < -0.3 is 10.0 Å². The fourth-order valence-electron chi connectivity index (χ4n) is 4.82. The predicted molar refractivity (Wildman–Crippen MR) is 97.0 cm³/mol. The van der Waals surface area contributed by atoms with Gasteiger partial charge in [-0.1, -0.05) is 31.5 Å². The maximum atomic E-state index is 12.9. The van der Waals surface area contributed by atoms with Gasteiger partial charge in [0, 0.05) is 18.5 Å². The Morgan fingerprint density at radius 1 is 1.37 bits per heavy atom. The number of aliphatic hydroxyl groups excluding tert-OH is 1. The van der Waals surface area contributed by atoms with Crippen LogP contribution in [0.25, 0.3) is 0 Å². The van der Waals surface area contributed by atoms with Crippen LogP contribution in [0.15, 0.2) is 24.3 Å². The van der Waals surface area contributed by atoms with E-state index < -0.39 is 11.7 Å². The molecule has 1 saturated heterocycles. The Morgan fingerprint density at radius 2 is 2.11 bits per heavy atom. The van der Waals surface area contributed by atoms with Gasteiger partial charge in [-0.15, -0.1) is 0 Å². The number of likely N-dealkylation sites (tertiary alicyclic amines) is 1. The molecule has 0 aromatic heterocycles. The first-order chi connectivity index (χ1) is 12.8. The van der Waals surface area contributed by atoms with E-state index in [0.717, 1.165) is 50.4 Å². The zero-order valence-electron chi connectivity index (χ0n) is 15.8. The van der Waals surface area contributed by atoms with Gasteiger partial charge in [0.2, 0.25) is 5.91 Å². The first-order valence-electron chi connectivity index (χ1n) is 9.82. The van der Waals surface area contributed by atoms with Crippen LogP contribution in [0.3, 0.4) is 0 Å². The molecule has 6 heteroatoms. The third-order valence-electron chi connectivity index (χ3n) is 6.15. The number of nitrogens with zero attached hydrogens (tertiary/aromatic N) is 1. The Bertz CT molecular complexity index is 668. The number of hydrogen-bond donors (Lipinski definition) is 1. The van der Waals surface area contributed by atoms with Crippen LogP contribution in [-0.2, 0) is 17.4 Å². The van der Waals surface area contributed by atoms with Crippen molar-refractivity contribution in [3.8, 4) is 0 Å². The van der Waals surface area contributed by atoms with E-state index >= 15 is 0 Å². The van der Waals surface area contributed by atoms with Crippen molar-refractivity contribution in [2.24, 2.45) is 17.3 Å². The highest BCUT2D eigenvalue weighted by molar-refractivity contribution is 5.80. The molecule has 150 valence electrons. The lowest BCUT2D eigenvalue weighted by atomic mass is 9.76. The summed E-state index contributed by atoms with van der Waals surface area (Å²) in [5, 5.41) is 9.41. The molecule has 1 spiro atoms. The highest BCUT2D eigenvalue weighted by Crippen LogP contribution is 2.49. The van der Waals surface area contributed by atoms with Crippen molar-refractivity contribution >= 4 is 5.91 Å². The second-order valence-electron chi connectivity index (χ2n) is 8.37. The predicted octanol–water partition coefficient (Wildman–Crippen LogP) is 4.29. The summed E-state index contributed by atoms with van der Waals surface area (Å²) in [4.78, 5) is 14.3. The Balaban J connectivity index is 1.54. The Morgan fingerprint density at radius 3 is 2.74 bits per heavy atom. The fourth-order valence-corrected chi connectivity index (χ4v) is 4.82. The highest BCUT2D eigenvalue weighted by Gasteiger charge is 2.50. The van der Waals surface area contributed by atoms with Gasteiger partial charge in [0.25, 0.3) is 0 Å². The summed E-state index contributed by atoms with van der Waals surface area (Å²) in [5.41, 5.74) is 0.287. The lowest BCUT2D eigenvalue weighted by Gasteiger charge is -2.49. The van der Waals surface area contributed by atoms with E-state index in [0.29, 0.717) is 18.8 Å². The van der Waals surface area contributed by atoms with Crippen molar-refractivity contribution in [3.63, 3.8) is 0 Å². The summed E-state index contributed by atoms with van der Waals surface area (Å²) in [7, 11) is 0. The average Bonchev–Trinajstić information content (AvgIpc) is 3.01. The van der Waals surface area contributed by atoms with Crippen LogP contribution < -0.4 is 0 Å². The Kier molecular flexibility index (Phi) is 5.84. The molecule has 1 aliphatic heterocycles. The number of rotatable bonds is 6. The summed E-state index contributed by atoms with van der Waals surface area (Å²) >= 11 is 0. The average molecular weight is 383 g/mol. The molecule has 3 nitrogen and oxygen atoms in total. The topological polar surface area (TPSA) is 40.5 Å². The molecule has 1 amide bonds. The molecule has 1 aliphatic carbocycles. The molecule has 1 aromatic rings. The molecule has 27 heavy (non-hydrogen) atoms. The summed E-state index contributed by atoms with van der Waals surface area (Å²) in [6, 6.07) is 5.63. The van der Waals surface area contributed by atoms with Crippen LogP contribution in [-0.4, -0.2) is 35.6 Å². The molecular formula is C21H28F3NO2. The van der Waals surface area contributed by atoms with Gasteiger partial charge in [-0.05, 0) is 49.7 Å². The van der Waals surface area contributed by atoms with Gasteiger partial charge in [0.15, 0.2) is 0 Å². The number of halogens is 3. The van der Waals surface area contributed by atoms with Crippen molar-refractivity contribution in [2.45, 2.75) is 51.6 Å². The Labute approximate surface area is 158 Å². The maximum absolute atomic E-state index is 12.9. The number of benzene rings is 1. The van der Waals surface area contributed by atoms with Gasteiger partial charge in [-0.3, -0.25) is 4.79 Å². The van der Waals surface area contributed by atoms with Crippen molar-refractivity contribution in [3.05, 3.63) is 35.4 Å². The molecule has 1 heterocycles. The van der Waals surface area contributed by atoms with E-state index in [1.807, 2.05) is 11.8 Å². The van der Waals surface area contributed by atoms with Crippen LogP contribution in [0.1, 0.15) is 50.2 Å². The van der Waals surface area contributed by atoms with E-state index in [-0.39, 0.29) is 23.8 Å². The minimum Gasteiger partial charge on any atom is -0.396 e. The molecule has 3 rings (SSSR count). The van der Waals surface area contributed by atoms with E-state index in [1.54, 1.807) is 6.07 Å². The molecule has 2 atom stereocenters. The molecular weight excluding hydrogens is 355 g/mol. The number of alkyl halides is 3. The number of amides is 1. The summed E-state index contributed by atoms with van der Waals surface area (Å²) in [6.07, 6.45) is 0.920. The van der Waals surface area contributed by atoms with Crippen molar-refractivity contribution in [1.82, 2.24) is 4.90 Å². The lowest BCUT2D eigenvalue weighted by molar-refractivity contribution is -0.149.